The number of nitrogens with one attached hydrogen (secondary N) is 1. The number of hydrogen-bond acceptors (Lipinski definition) is 5. The van der Waals surface area contributed by atoms with Crippen molar-refractivity contribution in [3.8, 4) is 0 Å². The number of anilines is 1. The predicted octanol–water partition coefficient (Wildman–Crippen LogP) is 3.06. The third kappa shape index (κ3) is 5.57. The summed E-state index contributed by atoms with van der Waals surface area (Å²) in [7, 11) is -5.69. The first-order valence-electron chi connectivity index (χ1n) is 8.10. The average molecular weight is 517 g/mol. The van der Waals surface area contributed by atoms with Crippen molar-refractivity contribution in [1.29, 1.82) is 0 Å². The molecule has 0 bridgehead atoms. The Morgan fingerprint density at radius 2 is 1.81 bits per heavy atom. The van der Waals surface area contributed by atoms with E-state index in [0.29, 0.717) is 24.9 Å². The zero-order chi connectivity index (χ0) is 20.2. The summed E-state index contributed by atoms with van der Waals surface area (Å²) in [5.41, 5.74) is 0.568. The van der Waals surface area contributed by atoms with Crippen LogP contribution in [0, 0.1) is 15.4 Å². The van der Waals surface area contributed by atoms with Crippen molar-refractivity contribution in [1.82, 2.24) is 0 Å². The Hall–Kier alpha value is -1.34. The molecule has 1 fully saturated rings. The maximum atomic E-state index is 13.3. The van der Waals surface area contributed by atoms with Gasteiger partial charge in [0.05, 0.1) is 17.5 Å². The Balaban J connectivity index is 2.06. The number of amides is 1. The van der Waals surface area contributed by atoms with Crippen LogP contribution in [0.5, 0.6) is 0 Å². The highest BCUT2D eigenvalue weighted by molar-refractivity contribution is 14.1. The molecule has 1 aromatic rings. The van der Waals surface area contributed by atoms with Gasteiger partial charge >= 0.3 is 21.3 Å². The minimum Gasteiger partial charge on any atom is -0.458 e. The molecule has 2 atom stereocenters. The van der Waals surface area contributed by atoms with E-state index in [1.54, 1.807) is 24.3 Å². The lowest BCUT2D eigenvalue weighted by Gasteiger charge is -2.29. The van der Waals surface area contributed by atoms with Crippen LogP contribution in [0.15, 0.2) is 24.3 Å². The molecule has 1 saturated carbocycles. The van der Waals surface area contributed by atoms with E-state index >= 15 is 0 Å². The number of alkyl halides is 2. The zero-order valence-corrected chi connectivity index (χ0v) is 17.0. The van der Waals surface area contributed by atoms with E-state index in [1.165, 1.54) is 0 Å². The highest BCUT2D eigenvalue weighted by Gasteiger charge is 2.47. The summed E-state index contributed by atoms with van der Waals surface area (Å²) in [6.45, 7) is -1.80. The minimum atomic E-state index is -5.69. The number of para-hydroxylation sites is 1. The van der Waals surface area contributed by atoms with E-state index < -0.39 is 45.7 Å². The van der Waals surface area contributed by atoms with Gasteiger partial charge in [-0.2, -0.15) is 17.2 Å². The number of hydrogen-bond donors (Lipinski definition) is 2. The molecule has 11 heteroatoms. The molecule has 1 amide bonds. The number of benzene rings is 1. The van der Waals surface area contributed by atoms with Crippen LogP contribution in [0.25, 0.3) is 0 Å². The predicted molar refractivity (Wildman–Crippen MR) is 101 cm³/mol. The summed E-state index contributed by atoms with van der Waals surface area (Å²) in [6, 6.07) is 7.03. The van der Waals surface area contributed by atoms with Crippen LogP contribution in [0.2, 0.25) is 0 Å². The van der Waals surface area contributed by atoms with E-state index in [0.717, 1.165) is 3.57 Å². The maximum Gasteiger partial charge on any atom is 0.402 e. The van der Waals surface area contributed by atoms with Crippen molar-refractivity contribution in [3.05, 3.63) is 27.8 Å². The first kappa shape index (κ1) is 22.0. The number of carbonyl (C=O) groups is 2. The number of carbonyl (C=O) groups excluding carboxylic acids is 2. The highest BCUT2D eigenvalue weighted by atomic mass is 127. The highest BCUT2D eigenvalue weighted by Crippen LogP contribution is 2.33. The van der Waals surface area contributed by atoms with Crippen molar-refractivity contribution in [2.75, 3.05) is 11.9 Å². The van der Waals surface area contributed by atoms with Crippen molar-refractivity contribution in [2.24, 2.45) is 11.8 Å². The van der Waals surface area contributed by atoms with Crippen LogP contribution in [0.1, 0.15) is 25.7 Å². The molecule has 0 saturated heterocycles. The van der Waals surface area contributed by atoms with Gasteiger partial charge in [-0.15, -0.1) is 0 Å². The molecule has 1 aliphatic rings. The van der Waals surface area contributed by atoms with Crippen LogP contribution < -0.4 is 5.32 Å². The van der Waals surface area contributed by atoms with Gasteiger partial charge in [-0.1, -0.05) is 25.0 Å². The first-order chi connectivity index (χ1) is 12.5. The van der Waals surface area contributed by atoms with E-state index in [-0.39, 0.29) is 6.42 Å². The second-order valence-corrected chi connectivity index (χ2v) is 8.90. The van der Waals surface area contributed by atoms with Crippen LogP contribution in [-0.4, -0.2) is 36.7 Å². The third-order valence-corrected chi connectivity index (χ3v) is 6.11. The molecule has 0 radical (unpaired) electrons. The van der Waals surface area contributed by atoms with Crippen LogP contribution in [-0.2, 0) is 24.4 Å². The number of ether oxygens (including phenoxy) is 1. The second-order valence-electron chi connectivity index (χ2n) is 6.19. The molecule has 0 spiro atoms. The standard InChI is InChI=1S/C16H18F2INO6S/c17-16(18,27(23,24)25)9-26-15(22)11-6-2-1-5-10(11)14(21)20-13-8-4-3-7-12(13)19/h3-4,7-8,10-11H,1-2,5-6,9H2,(H,20,21)(H,23,24,25). The molecule has 0 heterocycles. The molecular weight excluding hydrogens is 499 g/mol. The van der Waals surface area contributed by atoms with Crippen LogP contribution in [0.4, 0.5) is 14.5 Å². The molecule has 2 rings (SSSR count). The average Bonchev–Trinajstić information content (AvgIpc) is 2.60. The molecule has 7 nitrogen and oxygen atoms in total. The summed E-state index contributed by atoms with van der Waals surface area (Å²) in [6.07, 6.45) is 1.94. The Morgan fingerprint density at radius 3 is 2.41 bits per heavy atom. The summed E-state index contributed by atoms with van der Waals surface area (Å²) in [5.74, 6) is -3.25. The molecule has 0 aliphatic heterocycles. The Morgan fingerprint density at radius 1 is 1.22 bits per heavy atom. The van der Waals surface area contributed by atoms with E-state index in [4.69, 9.17) is 4.55 Å². The van der Waals surface area contributed by atoms with Crippen molar-refractivity contribution in [2.45, 2.75) is 30.9 Å². The van der Waals surface area contributed by atoms with Crippen molar-refractivity contribution < 1.29 is 36.1 Å². The molecule has 2 N–H and O–H groups in total. The summed E-state index contributed by atoms with van der Waals surface area (Å²) >= 11 is 2.04. The lowest BCUT2D eigenvalue weighted by atomic mass is 9.78. The Kier molecular flexibility index (Phi) is 7.14. The summed E-state index contributed by atoms with van der Waals surface area (Å²) in [4.78, 5) is 24.8. The number of rotatable bonds is 6. The fourth-order valence-corrected chi connectivity index (χ4v) is 3.58. The van der Waals surface area contributed by atoms with Gasteiger partial charge in [0, 0.05) is 3.57 Å². The third-order valence-electron chi connectivity index (χ3n) is 4.30. The topological polar surface area (TPSA) is 110 Å². The van der Waals surface area contributed by atoms with Gasteiger partial charge in [-0.05, 0) is 47.6 Å². The Bertz CT molecular complexity index is 817. The molecular formula is C16H18F2INO6S. The van der Waals surface area contributed by atoms with Gasteiger partial charge in [-0.3, -0.25) is 14.1 Å². The quantitative estimate of drug-likeness (QED) is 0.341. The minimum absolute atomic E-state index is 0.264. The second kappa shape index (κ2) is 8.78. The fraction of sp³-hybridized carbons (Fsp3) is 0.500. The molecule has 27 heavy (non-hydrogen) atoms. The van der Waals surface area contributed by atoms with E-state index in [1.807, 2.05) is 22.6 Å². The van der Waals surface area contributed by atoms with Crippen molar-refractivity contribution >= 4 is 50.3 Å². The van der Waals surface area contributed by atoms with Gasteiger partial charge in [0.15, 0.2) is 6.61 Å². The van der Waals surface area contributed by atoms with Gasteiger partial charge in [0.25, 0.3) is 0 Å². The molecule has 150 valence electrons. The number of esters is 1. The lowest BCUT2D eigenvalue weighted by Crippen LogP contribution is -2.40. The summed E-state index contributed by atoms with van der Waals surface area (Å²) < 4.78 is 61.4. The first-order valence-corrected chi connectivity index (χ1v) is 10.6. The monoisotopic (exact) mass is 517 g/mol. The lowest BCUT2D eigenvalue weighted by molar-refractivity contribution is -0.159. The van der Waals surface area contributed by atoms with Crippen LogP contribution >= 0.6 is 22.6 Å². The molecule has 1 aliphatic carbocycles. The molecule has 2 unspecified atom stereocenters. The summed E-state index contributed by atoms with van der Waals surface area (Å²) in [5, 5.41) is -1.88. The molecule has 0 aromatic heterocycles. The van der Waals surface area contributed by atoms with Gasteiger partial charge in [-0.25, -0.2) is 0 Å². The van der Waals surface area contributed by atoms with Gasteiger partial charge in [0.1, 0.15) is 0 Å². The number of halogens is 3. The zero-order valence-electron chi connectivity index (χ0n) is 14.0. The normalized spacial score (nSPS) is 20.7. The van der Waals surface area contributed by atoms with E-state index in [9.17, 15) is 26.8 Å². The van der Waals surface area contributed by atoms with Crippen molar-refractivity contribution in [3.63, 3.8) is 0 Å². The largest absolute Gasteiger partial charge is 0.458 e. The maximum absolute atomic E-state index is 13.3. The fourth-order valence-electron chi connectivity index (χ4n) is 2.85. The van der Waals surface area contributed by atoms with Gasteiger partial charge < -0.3 is 10.1 Å². The molecule has 1 aromatic carbocycles. The Labute approximate surface area is 168 Å². The SMILES string of the molecule is O=C(Nc1ccccc1I)C1CCCCC1C(=O)OCC(F)(F)S(=O)(=O)O. The van der Waals surface area contributed by atoms with E-state index in [2.05, 4.69) is 10.1 Å². The smallest absolute Gasteiger partial charge is 0.402 e. The van der Waals surface area contributed by atoms with Crippen LogP contribution in [0.3, 0.4) is 0 Å². The van der Waals surface area contributed by atoms with Gasteiger partial charge in [0.2, 0.25) is 5.91 Å².